The normalized spacial score (nSPS) is 14.6. The summed E-state index contributed by atoms with van der Waals surface area (Å²) in [5.41, 5.74) is 2.59. The van der Waals surface area contributed by atoms with Gasteiger partial charge in [0.05, 0.1) is 11.2 Å². The van der Waals surface area contributed by atoms with E-state index in [0.29, 0.717) is 24.2 Å². The molecule has 0 aromatic heterocycles. The first kappa shape index (κ1) is 21.0. The van der Waals surface area contributed by atoms with Crippen LogP contribution in [0.5, 0.6) is 0 Å². The molecule has 0 bridgehead atoms. The van der Waals surface area contributed by atoms with Gasteiger partial charge >= 0.3 is 0 Å². The zero-order chi connectivity index (χ0) is 21.2. The second-order valence-electron chi connectivity index (χ2n) is 6.58. The molecular formula is C19H18ClN3O5S. The Morgan fingerprint density at radius 1 is 1.31 bits per heavy atom. The quantitative estimate of drug-likeness (QED) is 0.440. The van der Waals surface area contributed by atoms with Crippen molar-refractivity contribution in [1.82, 2.24) is 4.31 Å². The number of sulfonamides is 1. The molecular weight excluding hydrogens is 418 g/mol. The lowest BCUT2D eigenvalue weighted by atomic mass is 9.99. The van der Waals surface area contributed by atoms with Crippen LogP contribution in [-0.2, 0) is 27.8 Å². The topological polar surface area (TPSA) is 110 Å². The van der Waals surface area contributed by atoms with Gasteiger partial charge in [0.15, 0.2) is 0 Å². The Balaban J connectivity index is 1.75. The van der Waals surface area contributed by atoms with Crippen molar-refractivity contribution < 1.29 is 18.1 Å². The number of benzene rings is 2. The molecule has 0 aliphatic carbocycles. The molecule has 2 aromatic carbocycles. The molecule has 0 saturated carbocycles. The van der Waals surface area contributed by atoms with Gasteiger partial charge in [0, 0.05) is 30.9 Å². The van der Waals surface area contributed by atoms with Crippen molar-refractivity contribution in [2.45, 2.75) is 13.0 Å². The van der Waals surface area contributed by atoms with Crippen LogP contribution in [0.3, 0.4) is 0 Å². The maximum atomic E-state index is 12.3. The highest BCUT2D eigenvalue weighted by molar-refractivity contribution is 7.88. The summed E-state index contributed by atoms with van der Waals surface area (Å²) in [6.07, 6.45) is 4.40. The van der Waals surface area contributed by atoms with Gasteiger partial charge in [0.2, 0.25) is 15.9 Å². The van der Waals surface area contributed by atoms with Crippen molar-refractivity contribution >= 4 is 45.0 Å². The summed E-state index contributed by atoms with van der Waals surface area (Å²) in [5.74, 6) is -0.401. The third-order valence-electron chi connectivity index (χ3n) is 4.55. The maximum absolute atomic E-state index is 12.3. The van der Waals surface area contributed by atoms with Gasteiger partial charge in [-0.3, -0.25) is 14.9 Å². The lowest BCUT2D eigenvalue weighted by Gasteiger charge is -2.28. The molecule has 1 aliphatic rings. The summed E-state index contributed by atoms with van der Waals surface area (Å²) in [5, 5.41) is 13.8. The van der Waals surface area contributed by atoms with Crippen LogP contribution >= 0.6 is 11.6 Å². The second-order valence-corrected chi connectivity index (χ2v) is 8.97. The summed E-state index contributed by atoms with van der Waals surface area (Å²) < 4.78 is 24.9. The molecule has 0 fully saturated rings. The molecule has 152 valence electrons. The van der Waals surface area contributed by atoms with E-state index < -0.39 is 20.9 Å². The van der Waals surface area contributed by atoms with E-state index in [-0.39, 0.29) is 17.3 Å². The molecule has 1 aliphatic heterocycles. The number of amides is 1. The minimum atomic E-state index is -3.28. The number of halogens is 1. The molecule has 1 amide bonds. The zero-order valence-electron chi connectivity index (χ0n) is 15.5. The Kier molecular flexibility index (Phi) is 6.02. The summed E-state index contributed by atoms with van der Waals surface area (Å²) in [7, 11) is -3.28. The number of nitrogens with zero attached hydrogens (tertiary/aromatic N) is 2. The minimum absolute atomic E-state index is 0.0238. The van der Waals surface area contributed by atoms with Gasteiger partial charge in [-0.25, -0.2) is 8.42 Å². The third-order valence-corrected chi connectivity index (χ3v) is 6.12. The van der Waals surface area contributed by atoms with E-state index in [1.165, 1.54) is 34.8 Å². The number of carbonyl (C=O) groups excluding carboxylic acids is 1. The highest BCUT2D eigenvalue weighted by atomic mass is 35.5. The molecule has 2 aromatic rings. The molecule has 0 atom stereocenters. The number of nitro benzene ring substituents is 1. The molecule has 0 unspecified atom stereocenters. The molecule has 0 radical (unpaired) electrons. The first-order chi connectivity index (χ1) is 13.6. The predicted octanol–water partition coefficient (Wildman–Crippen LogP) is 3.22. The Hall–Kier alpha value is -2.75. The Bertz CT molecular complexity index is 1110. The molecule has 1 N–H and O–H groups in total. The van der Waals surface area contributed by atoms with Gasteiger partial charge in [-0.15, -0.1) is 0 Å². The molecule has 1 heterocycles. The van der Waals surface area contributed by atoms with Crippen LogP contribution in [0.15, 0.2) is 42.5 Å². The fraction of sp³-hybridized carbons (Fsp3) is 0.211. The number of anilines is 1. The van der Waals surface area contributed by atoms with Crippen LogP contribution in [-0.4, -0.2) is 36.4 Å². The Morgan fingerprint density at radius 3 is 2.76 bits per heavy atom. The van der Waals surface area contributed by atoms with E-state index in [0.717, 1.165) is 11.1 Å². The van der Waals surface area contributed by atoms with Gasteiger partial charge < -0.3 is 5.32 Å². The third kappa shape index (κ3) is 5.00. The zero-order valence-corrected chi connectivity index (χ0v) is 17.0. The van der Waals surface area contributed by atoms with E-state index in [1.54, 1.807) is 18.2 Å². The van der Waals surface area contributed by atoms with Crippen LogP contribution in [0.2, 0.25) is 5.02 Å². The average molecular weight is 436 g/mol. The van der Waals surface area contributed by atoms with Crippen molar-refractivity contribution in [3.63, 3.8) is 0 Å². The van der Waals surface area contributed by atoms with E-state index in [1.807, 2.05) is 6.07 Å². The number of hydrogen-bond donors (Lipinski definition) is 1. The number of rotatable bonds is 5. The minimum Gasteiger partial charge on any atom is -0.322 e. The van der Waals surface area contributed by atoms with Crippen molar-refractivity contribution in [3.05, 3.63) is 74.3 Å². The van der Waals surface area contributed by atoms with Gasteiger partial charge in [-0.2, -0.15) is 4.31 Å². The van der Waals surface area contributed by atoms with Crippen LogP contribution < -0.4 is 5.32 Å². The van der Waals surface area contributed by atoms with Crippen molar-refractivity contribution in [2.75, 3.05) is 18.1 Å². The number of fused-ring (bicyclic) bond motifs is 1. The second kappa shape index (κ2) is 8.32. The summed E-state index contributed by atoms with van der Waals surface area (Å²) in [4.78, 5) is 22.7. The van der Waals surface area contributed by atoms with Crippen molar-refractivity contribution in [1.29, 1.82) is 0 Å². The molecule has 8 nitrogen and oxygen atoms in total. The van der Waals surface area contributed by atoms with E-state index in [9.17, 15) is 23.3 Å². The van der Waals surface area contributed by atoms with Crippen molar-refractivity contribution in [2.24, 2.45) is 0 Å². The smallest absolute Gasteiger partial charge is 0.288 e. The molecule has 10 heteroatoms. The molecule has 0 saturated heterocycles. The predicted molar refractivity (Wildman–Crippen MR) is 111 cm³/mol. The maximum Gasteiger partial charge on any atom is 0.288 e. The van der Waals surface area contributed by atoms with Crippen molar-refractivity contribution in [3.8, 4) is 0 Å². The number of nitrogens with one attached hydrogen (secondary N) is 1. The van der Waals surface area contributed by atoms with Crippen LogP contribution in [0.4, 0.5) is 11.4 Å². The van der Waals surface area contributed by atoms with Crippen LogP contribution in [0, 0.1) is 10.1 Å². The van der Waals surface area contributed by atoms with Gasteiger partial charge in [0.25, 0.3) is 5.69 Å². The van der Waals surface area contributed by atoms with E-state index >= 15 is 0 Å². The Morgan fingerprint density at radius 2 is 2.07 bits per heavy atom. The van der Waals surface area contributed by atoms with Gasteiger partial charge in [0.1, 0.15) is 5.02 Å². The van der Waals surface area contributed by atoms with E-state index in [2.05, 4.69) is 5.32 Å². The molecule has 29 heavy (non-hydrogen) atoms. The SMILES string of the molecule is CS(=O)(=O)N1CCc2c(cccc2NC(=O)/C=C/c2ccc(Cl)c([N+](=O)[O-])c2)C1. The molecule has 0 spiro atoms. The van der Waals surface area contributed by atoms with Crippen LogP contribution in [0.25, 0.3) is 6.08 Å². The summed E-state index contributed by atoms with van der Waals surface area (Å²) in [6.45, 7) is 0.616. The van der Waals surface area contributed by atoms with Gasteiger partial charge in [-0.1, -0.05) is 29.8 Å². The Labute approximate surface area is 173 Å². The lowest BCUT2D eigenvalue weighted by Crippen LogP contribution is -2.35. The number of hydrogen-bond acceptors (Lipinski definition) is 5. The van der Waals surface area contributed by atoms with Gasteiger partial charge in [-0.05, 0) is 41.3 Å². The fourth-order valence-corrected chi connectivity index (χ4v) is 4.09. The highest BCUT2D eigenvalue weighted by Gasteiger charge is 2.24. The van der Waals surface area contributed by atoms with E-state index in [4.69, 9.17) is 11.6 Å². The fourth-order valence-electron chi connectivity index (χ4n) is 3.10. The first-order valence-corrected chi connectivity index (χ1v) is 10.9. The average Bonchev–Trinajstić information content (AvgIpc) is 2.66. The monoisotopic (exact) mass is 435 g/mol. The standard InChI is InChI=1S/C19H18ClN3O5S/c1-29(27,28)22-10-9-15-14(12-22)3-2-4-17(15)21-19(24)8-6-13-5-7-16(20)18(11-13)23(25)26/h2-8,11H,9-10,12H2,1H3,(H,21,24)/b8-6+. The summed E-state index contributed by atoms with van der Waals surface area (Å²) >= 11 is 5.78. The molecule has 3 rings (SSSR count). The lowest BCUT2D eigenvalue weighted by molar-refractivity contribution is -0.384. The van der Waals surface area contributed by atoms with Crippen LogP contribution in [0.1, 0.15) is 16.7 Å². The highest BCUT2D eigenvalue weighted by Crippen LogP contribution is 2.28. The summed E-state index contributed by atoms with van der Waals surface area (Å²) in [6, 6.07) is 9.61. The number of carbonyl (C=O) groups is 1. The first-order valence-electron chi connectivity index (χ1n) is 8.64. The largest absolute Gasteiger partial charge is 0.322 e. The number of nitro groups is 1.